The van der Waals surface area contributed by atoms with Gasteiger partial charge in [-0.2, -0.15) is 18.4 Å². The number of rotatable bonds is 6. The minimum atomic E-state index is -4.60. The van der Waals surface area contributed by atoms with Crippen molar-refractivity contribution in [2.75, 3.05) is 0 Å². The van der Waals surface area contributed by atoms with Crippen molar-refractivity contribution < 1.29 is 13.2 Å². The summed E-state index contributed by atoms with van der Waals surface area (Å²) in [5, 5.41) is 11.3. The molecule has 0 saturated carbocycles. The quantitative estimate of drug-likeness (QED) is 0.172. The normalized spacial score (nSPS) is 11.5. The molecule has 2 heterocycles. The Kier molecular flexibility index (Phi) is 8.25. The van der Waals surface area contributed by atoms with Crippen molar-refractivity contribution in [1.82, 2.24) is 19.5 Å². The van der Waals surface area contributed by atoms with Gasteiger partial charge in [-0.05, 0) is 53.1 Å². The van der Waals surface area contributed by atoms with E-state index in [0.717, 1.165) is 50.1 Å². The van der Waals surface area contributed by atoms with E-state index in [4.69, 9.17) is 15.0 Å². The summed E-state index contributed by atoms with van der Waals surface area (Å²) in [5.74, 6) is 1.33. The van der Waals surface area contributed by atoms with E-state index < -0.39 is 11.7 Å². The summed E-state index contributed by atoms with van der Waals surface area (Å²) in [4.78, 5) is 14.7. The van der Waals surface area contributed by atoms with Crippen LogP contribution >= 0.6 is 0 Å². The van der Waals surface area contributed by atoms with Gasteiger partial charge in [0.2, 0.25) is 0 Å². The van der Waals surface area contributed by atoms with E-state index in [1.165, 1.54) is 12.1 Å². The minimum absolute atomic E-state index is 0.0522. The lowest BCUT2D eigenvalue weighted by Crippen LogP contribution is -2.08. The number of nitriles is 1. The molecule has 0 radical (unpaired) electrons. The summed E-state index contributed by atoms with van der Waals surface area (Å²) in [6.07, 6.45) is -4.60. The fourth-order valence-corrected chi connectivity index (χ4v) is 7.13. The van der Waals surface area contributed by atoms with Crippen LogP contribution in [-0.4, -0.2) is 19.5 Å². The highest BCUT2D eigenvalue weighted by Gasteiger charge is 2.34. The van der Waals surface area contributed by atoms with Crippen LogP contribution in [0.3, 0.4) is 0 Å². The molecular formula is C47H28F3N5. The summed E-state index contributed by atoms with van der Waals surface area (Å²) in [6, 6.07) is 53.8. The molecule has 0 aliphatic carbocycles. The molecule has 55 heavy (non-hydrogen) atoms. The van der Waals surface area contributed by atoms with Gasteiger partial charge in [-0.3, -0.25) is 0 Å². The predicted molar refractivity (Wildman–Crippen MR) is 211 cm³/mol. The van der Waals surface area contributed by atoms with Crippen LogP contribution in [0, 0.1) is 11.3 Å². The second-order valence-electron chi connectivity index (χ2n) is 13.1. The molecule has 9 rings (SSSR count). The maximum atomic E-state index is 14.7. The van der Waals surface area contributed by atoms with Gasteiger partial charge in [0.25, 0.3) is 0 Å². The smallest absolute Gasteiger partial charge is 0.309 e. The van der Waals surface area contributed by atoms with E-state index in [1.807, 2.05) is 126 Å². The summed E-state index contributed by atoms with van der Waals surface area (Å²) < 4.78 is 46.2. The molecule has 0 amide bonds. The first-order chi connectivity index (χ1) is 26.9. The summed E-state index contributed by atoms with van der Waals surface area (Å²) >= 11 is 0. The van der Waals surface area contributed by atoms with E-state index in [-0.39, 0.29) is 5.56 Å². The molecule has 5 nitrogen and oxygen atoms in total. The lowest BCUT2D eigenvalue weighted by atomic mass is 9.96. The molecule has 0 aliphatic heterocycles. The Hall–Kier alpha value is -7.37. The van der Waals surface area contributed by atoms with Crippen LogP contribution < -0.4 is 0 Å². The maximum Gasteiger partial charge on any atom is 0.417 e. The lowest BCUT2D eigenvalue weighted by molar-refractivity contribution is -0.137. The van der Waals surface area contributed by atoms with Gasteiger partial charge < -0.3 is 4.57 Å². The Bertz CT molecular complexity index is 2850. The van der Waals surface area contributed by atoms with Crippen LogP contribution in [0.15, 0.2) is 170 Å². The molecule has 0 unspecified atom stereocenters. The van der Waals surface area contributed by atoms with Crippen molar-refractivity contribution in [2.45, 2.75) is 6.18 Å². The van der Waals surface area contributed by atoms with Gasteiger partial charge in [0, 0.05) is 33.0 Å². The monoisotopic (exact) mass is 719 g/mol. The number of alkyl halides is 3. The highest BCUT2D eigenvalue weighted by atomic mass is 19.4. The standard InChI is InChI=1S/C47H28F3N5/c48-47(49,50)40-17-9-7-15-36(40)38-26-24-35(46-53-44(32-11-3-1-4-12-32)52-45(54-46)33-13-5-2-6-14-33)28-43(38)55-41-18-10-8-16-37(41)39-25-23-34(27-42(39)55)31-21-19-30(29-51)20-22-31/h1-28H. The number of aromatic nitrogens is 4. The third kappa shape index (κ3) is 6.18. The van der Waals surface area contributed by atoms with Crippen molar-refractivity contribution in [3.63, 3.8) is 0 Å². The summed E-state index contributed by atoms with van der Waals surface area (Å²) in [6.45, 7) is 0. The zero-order valence-electron chi connectivity index (χ0n) is 29.0. The molecule has 0 atom stereocenters. The van der Waals surface area contributed by atoms with Crippen LogP contribution in [-0.2, 0) is 6.18 Å². The van der Waals surface area contributed by atoms with Crippen molar-refractivity contribution in [1.29, 1.82) is 5.26 Å². The Morgan fingerprint density at radius 1 is 0.455 bits per heavy atom. The molecule has 9 aromatic rings. The molecule has 0 N–H and O–H groups in total. The summed E-state index contributed by atoms with van der Waals surface area (Å²) in [7, 11) is 0. The van der Waals surface area contributed by atoms with Crippen molar-refractivity contribution in [2.24, 2.45) is 0 Å². The highest BCUT2D eigenvalue weighted by Crippen LogP contribution is 2.43. The van der Waals surface area contributed by atoms with Crippen molar-refractivity contribution in [3.8, 4) is 68.2 Å². The molecule has 0 bridgehead atoms. The molecule has 0 spiro atoms. The first kappa shape index (κ1) is 33.5. The number of benzene rings is 7. The number of halogens is 3. The van der Waals surface area contributed by atoms with Crippen LogP contribution in [0.25, 0.3) is 83.9 Å². The Morgan fingerprint density at radius 2 is 1.00 bits per heavy atom. The van der Waals surface area contributed by atoms with Crippen molar-refractivity contribution >= 4 is 21.8 Å². The lowest BCUT2D eigenvalue weighted by Gasteiger charge is -2.19. The zero-order valence-corrected chi connectivity index (χ0v) is 29.0. The van der Waals surface area contributed by atoms with E-state index in [9.17, 15) is 18.4 Å². The Labute approximate surface area is 314 Å². The van der Waals surface area contributed by atoms with E-state index in [0.29, 0.717) is 39.9 Å². The molecule has 262 valence electrons. The largest absolute Gasteiger partial charge is 0.417 e. The molecule has 2 aromatic heterocycles. The Morgan fingerprint density at radius 3 is 1.65 bits per heavy atom. The van der Waals surface area contributed by atoms with Crippen molar-refractivity contribution in [3.05, 3.63) is 181 Å². The number of nitrogens with zero attached hydrogens (tertiary/aromatic N) is 5. The van der Waals surface area contributed by atoms with Gasteiger partial charge in [0.05, 0.1) is 33.9 Å². The van der Waals surface area contributed by atoms with E-state index >= 15 is 0 Å². The average molecular weight is 720 g/mol. The third-order valence-electron chi connectivity index (χ3n) is 9.74. The minimum Gasteiger partial charge on any atom is -0.309 e. The van der Waals surface area contributed by atoms with Crippen LogP contribution in [0.5, 0.6) is 0 Å². The SMILES string of the molecule is N#Cc1ccc(-c2ccc3c4ccccc4n(-c4cc(-c5nc(-c6ccccc6)nc(-c6ccccc6)n5)ccc4-c4ccccc4C(F)(F)F)c3c2)cc1. The molecular weight excluding hydrogens is 692 g/mol. The zero-order chi connectivity index (χ0) is 37.5. The maximum absolute atomic E-state index is 14.7. The predicted octanol–water partition coefficient (Wildman–Crippen LogP) is 12.2. The topological polar surface area (TPSA) is 67.4 Å². The van der Waals surface area contributed by atoms with Gasteiger partial charge >= 0.3 is 6.18 Å². The molecule has 7 aromatic carbocycles. The first-order valence-corrected chi connectivity index (χ1v) is 17.6. The fourth-order valence-electron chi connectivity index (χ4n) is 7.13. The Balaban J connectivity index is 1.35. The van der Waals surface area contributed by atoms with Crippen LogP contribution in [0.4, 0.5) is 13.2 Å². The molecule has 0 fully saturated rings. The fraction of sp³-hybridized carbons (Fsp3) is 0.0213. The average Bonchev–Trinajstić information content (AvgIpc) is 3.57. The van der Waals surface area contributed by atoms with Gasteiger partial charge in [0.1, 0.15) is 0 Å². The van der Waals surface area contributed by atoms with Crippen LogP contribution in [0.2, 0.25) is 0 Å². The molecule has 8 heteroatoms. The number of fused-ring (bicyclic) bond motifs is 3. The number of para-hydroxylation sites is 1. The molecule has 0 saturated heterocycles. The number of hydrogen-bond acceptors (Lipinski definition) is 4. The van der Waals surface area contributed by atoms with Gasteiger partial charge in [-0.25, -0.2) is 15.0 Å². The van der Waals surface area contributed by atoms with Crippen LogP contribution in [0.1, 0.15) is 11.1 Å². The second kappa shape index (κ2) is 13.6. The molecule has 0 aliphatic rings. The van der Waals surface area contributed by atoms with E-state index in [1.54, 1.807) is 30.3 Å². The first-order valence-electron chi connectivity index (χ1n) is 17.6. The second-order valence-corrected chi connectivity index (χ2v) is 13.1. The van der Waals surface area contributed by atoms with Gasteiger partial charge in [-0.1, -0.05) is 133 Å². The van der Waals surface area contributed by atoms with Gasteiger partial charge in [0.15, 0.2) is 17.5 Å². The summed E-state index contributed by atoms with van der Waals surface area (Å²) in [5.41, 5.74) is 6.42. The highest BCUT2D eigenvalue weighted by molar-refractivity contribution is 6.11. The third-order valence-corrected chi connectivity index (χ3v) is 9.74. The van der Waals surface area contributed by atoms with Gasteiger partial charge in [-0.15, -0.1) is 0 Å². The number of hydrogen-bond donors (Lipinski definition) is 0. The van der Waals surface area contributed by atoms with E-state index in [2.05, 4.69) is 6.07 Å².